The van der Waals surface area contributed by atoms with Crippen LogP contribution in [-0.2, 0) is 6.18 Å². The van der Waals surface area contributed by atoms with Gasteiger partial charge in [0.05, 0.1) is 11.3 Å². The first kappa shape index (κ1) is 23.3. The first-order chi connectivity index (χ1) is 15.3. The molecule has 5 N–H and O–H groups in total. The van der Waals surface area contributed by atoms with Gasteiger partial charge in [0.1, 0.15) is 22.8 Å². The number of nitrogens with one attached hydrogen (secondary N) is 1. The number of alkyl halides is 3. The number of pyridine rings is 2. The van der Waals surface area contributed by atoms with Crippen molar-refractivity contribution in [2.24, 2.45) is 0 Å². The number of carboxylic acids is 2. The number of hydrogen-bond acceptors (Lipinski definition) is 6. The Bertz CT molecular complexity index is 1320. The number of rotatable bonds is 5. The normalized spacial score (nSPS) is 11.3. The number of nitrogen functional groups attached to an aromatic ring is 1. The van der Waals surface area contributed by atoms with Crippen molar-refractivity contribution < 1.29 is 33.0 Å². The third-order valence-corrected chi connectivity index (χ3v) is 4.74. The third-order valence-electron chi connectivity index (χ3n) is 4.74. The van der Waals surface area contributed by atoms with Gasteiger partial charge in [-0.1, -0.05) is 24.3 Å². The van der Waals surface area contributed by atoms with E-state index in [9.17, 15) is 37.8 Å². The van der Waals surface area contributed by atoms with Gasteiger partial charge in [-0.2, -0.15) is 13.2 Å². The van der Waals surface area contributed by atoms with Crippen LogP contribution in [0.3, 0.4) is 0 Å². The summed E-state index contributed by atoms with van der Waals surface area (Å²) in [7, 11) is 3.07. The van der Waals surface area contributed by atoms with Crippen molar-refractivity contribution >= 4 is 23.6 Å². The summed E-state index contributed by atoms with van der Waals surface area (Å²) in [5, 5.41) is 19.0. The van der Waals surface area contributed by atoms with Crippen molar-refractivity contribution in [1.29, 1.82) is 0 Å². The average molecular weight is 462 g/mol. The van der Waals surface area contributed by atoms with Crippen LogP contribution < -0.4 is 16.2 Å². The molecule has 0 unspecified atom stereocenters. The molecule has 0 spiro atoms. The van der Waals surface area contributed by atoms with E-state index in [-0.39, 0.29) is 22.6 Å². The largest absolute Gasteiger partial charge is 0.478 e. The molecule has 0 aliphatic rings. The van der Waals surface area contributed by atoms with Crippen LogP contribution >= 0.6 is 0 Å². The number of hydrogen-bond donors (Lipinski definition) is 4. The zero-order valence-electron chi connectivity index (χ0n) is 17.2. The first-order valence-electron chi connectivity index (χ1n) is 9.21. The van der Waals surface area contributed by atoms with E-state index in [1.165, 1.54) is 43.3 Å². The van der Waals surface area contributed by atoms with Crippen LogP contribution in [0.2, 0.25) is 0 Å². The standard InChI is InChI=1S/C21H17F3N4O5/c1-28(2)13-8-11(21(22,23)24)7-12(26-13)9-3-5-10(6-4-9)14-15(19(30)31)17(25)27-18(29)16(14)20(32)33/h3-8H,1-2H3,(H,30,31)(H,32,33)(H3,25,27,29). The second-order valence-corrected chi connectivity index (χ2v) is 7.17. The van der Waals surface area contributed by atoms with Gasteiger partial charge >= 0.3 is 18.1 Å². The average Bonchev–Trinajstić information content (AvgIpc) is 2.71. The fraction of sp³-hybridized carbons (Fsp3) is 0.143. The summed E-state index contributed by atoms with van der Waals surface area (Å²) >= 11 is 0. The Morgan fingerprint density at radius 1 is 1.00 bits per heavy atom. The van der Waals surface area contributed by atoms with Crippen LogP contribution in [0.15, 0.2) is 41.2 Å². The summed E-state index contributed by atoms with van der Waals surface area (Å²) in [6, 6.07) is 6.99. The summed E-state index contributed by atoms with van der Waals surface area (Å²) in [4.78, 5) is 43.1. The predicted octanol–water partition coefficient (Wildman–Crippen LogP) is 3.17. The molecule has 3 rings (SSSR count). The lowest BCUT2D eigenvalue weighted by atomic mass is 9.94. The third kappa shape index (κ3) is 4.49. The monoisotopic (exact) mass is 462 g/mol. The Labute approximate surface area is 183 Å². The molecule has 172 valence electrons. The Hall–Kier alpha value is -4.35. The number of nitrogens with zero attached hydrogens (tertiary/aromatic N) is 2. The second-order valence-electron chi connectivity index (χ2n) is 7.17. The highest BCUT2D eigenvalue weighted by Crippen LogP contribution is 2.35. The highest BCUT2D eigenvalue weighted by Gasteiger charge is 2.32. The molecular weight excluding hydrogens is 445 g/mol. The van der Waals surface area contributed by atoms with Crippen molar-refractivity contribution in [2.75, 3.05) is 24.7 Å². The summed E-state index contributed by atoms with van der Waals surface area (Å²) in [6.45, 7) is 0. The van der Waals surface area contributed by atoms with E-state index in [2.05, 4.69) is 4.98 Å². The SMILES string of the molecule is CN(C)c1cc(C(F)(F)F)cc(-c2ccc(-c3c(C(=O)O)c(N)[nH]c(=O)c3C(=O)O)cc2)n1. The van der Waals surface area contributed by atoms with Gasteiger partial charge in [-0.3, -0.25) is 4.79 Å². The van der Waals surface area contributed by atoms with Crippen LogP contribution in [0.5, 0.6) is 0 Å². The van der Waals surface area contributed by atoms with E-state index >= 15 is 0 Å². The van der Waals surface area contributed by atoms with Crippen LogP contribution in [0.1, 0.15) is 26.3 Å². The molecule has 3 aromatic rings. The zero-order chi connectivity index (χ0) is 24.7. The number of carboxylic acid groups (broad SMARTS) is 2. The Kier molecular flexibility index (Phi) is 5.86. The number of aromatic nitrogens is 2. The molecule has 0 aliphatic heterocycles. The van der Waals surface area contributed by atoms with E-state index in [4.69, 9.17) is 5.73 Å². The molecule has 0 aliphatic carbocycles. The Morgan fingerprint density at radius 2 is 1.55 bits per heavy atom. The van der Waals surface area contributed by atoms with Crippen molar-refractivity contribution in [3.63, 3.8) is 0 Å². The van der Waals surface area contributed by atoms with Crippen molar-refractivity contribution in [3.8, 4) is 22.4 Å². The number of anilines is 2. The van der Waals surface area contributed by atoms with Crippen LogP contribution in [0.4, 0.5) is 24.8 Å². The van der Waals surface area contributed by atoms with Gasteiger partial charge in [0.15, 0.2) is 0 Å². The molecule has 1 aromatic carbocycles. The van der Waals surface area contributed by atoms with Gasteiger partial charge in [0.2, 0.25) is 0 Å². The summed E-state index contributed by atoms with van der Waals surface area (Å²) < 4.78 is 40.0. The zero-order valence-corrected chi connectivity index (χ0v) is 17.2. The fourth-order valence-corrected chi connectivity index (χ4v) is 3.20. The van der Waals surface area contributed by atoms with Gasteiger partial charge in [-0.15, -0.1) is 0 Å². The minimum atomic E-state index is -4.61. The van der Waals surface area contributed by atoms with Gasteiger partial charge in [-0.25, -0.2) is 14.6 Å². The molecule has 0 saturated carbocycles. The van der Waals surface area contributed by atoms with E-state index < -0.39 is 51.7 Å². The molecule has 0 fully saturated rings. The lowest BCUT2D eigenvalue weighted by molar-refractivity contribution is -0.137. The van der Waals surface area contributed by atoms with Crippen molar-refractivity contribution in [3.05, 3.63) is 63.4 Å². The van der Waals surface area contributed by atoms with E-state index in [1.54, 1.807) is 0 Å². The maximum atomic E-state index is 13.3. The molecule has 0 atom stereocenters. The number of aromatic amines is 1. The maximum Gasteiger partial charge on any atom is 0.416 e. The van der Waals surface area contributed by atoms with E-state index in [0.717, 1.165) is 12.1 Å². The number of aromatic carboxylic acids is 2. The van der Waals surface area contributed by atoms with Crippen molar-refractivity contribution in [2.45, 2.75) is 6.18 Å². The fourth-order valence-electron chi connectivity index (χ4n) is 3.20. The summed E-state index contributed by atoms with van der Waals surface area (Å²) in [5.41, 5.74) is 1.98. The number of H-pyrrole nitrogens is 1. The van der Waals surface area contributed by atoms with Crippen LogP contribution in [-0.4, -0.2) is 46.2 Å². The molecule has 12 heteroatoms. The summed E-state index contributed by atoms with van der Waals surface area (Å²) in [5.74, 6) is -3.71. The number of nitrogens with two attached hydrogens (primary N) is 1. The number of carbonyl (C=O) groups is 2. The van der Waals surface area contributed by atoms with Crippen LogP contribution in [0.25, 0.3) is 22.4 Å². The molecule has 2 aromatic heterocycles. The molecule has 2 heterocycles. The molecule has 9 nitrogen and oxygen atoms in total. The topological polar surface area (TPSA) is 150 Å². The summed E-state index contributed by atoms with van der Waals surface area (Å²) in [6.07, 6.45) is -4.61. The highest BCUT2D eigenvalue weighted by atomic mass is 19.4. The molecule has 0 bridgehead atoms. The molecule has 33 heavy (non-hydrogen) atoms. The van der Waals surface area contributed by atoms with E-state index in [1.807, 2.05) is 4.98 Å². The number of halogens is 3. The molecule has 0 radical (unpaired) electrons. The van der Waals surface area contributed by atoms with Gasteiger partial charge in [-0.05, 0) is 17.7 Å². The Morgan fingerprint density at radius 3 is 2.03 bits per heavy atom. The smallest absolute Gasteiger partial charge is 0.416 e. The Balaban J connectivity index is 2.22. The lowest BCUT2D eigenvalue weighted by Gasteiger charge is -2.17. The van der Waals surface area contributed by atoms with Crippen molar-refractivity contribution in [1.82, 2.24) is 9.97 Å². The highest BCUT2D eigenvalue weighted by molar-refractivity contribution is 6.07. The molecule has 0 amide bonds. The number of benzene rings is 1. The predicted molar refractivity (Wildman–Crippen MR) is 113 cm³/mol. The first-order valence-corrected chi connectivity index (χ1v) is 9.21. The second kappa shape index (κ2) is 8.30. The quantitative estimate of drug-likeness (QED) is 0.452. The maximum absolute atomic E-state index is 13.3. The lowest BCUT2D eigenvalue weighted by Crippen LogP contribution is -2.24. The van der Waals surface area contributed by atoms with E-state index in [0.29, 0.717) is 0 Å². The van der Waals surface area contributed by atoms with Gasteiger partial charge in [0, 0.05) is 25.2 Å². The van der Waals surface area contributed by atoms with Gasteiger partial charge in [0.25, 0.3) is 5.56 Å². The molecular formula is C21H17F3N4O5. The minimum absolute atomic E-state index is 0.0117. The van der Waals surface area contributed by atoms with Gasteiger partial charge < -0.3 is 25.8 Å². The molecule has 0 saturated heterocycles. The minimum Gasteiger partial charge on any atom is -0.478 e. The van der Waals surface area contributed by atoms with Crippen LogP contribution in [0, 0.1) is 0 Å².